The Balaban J connectivity index is 2.21. The highest BCUT2D eigenvalue weighted by Gasteiger charge is 2.35. The Bertz CT molecular complexity index is 328. The predicted molar refractivity (Wildman–Crippen MR) is 74.0 cm³/mol. The van der Waals surface area contributed by atoms with Gasteiger partial charge in [0.1, 0.15) is 0 Å². The highest BCUT2D eigenvalue weighted by molar-refractivity contribution is 5.72. The third-order valence-corrected chi connectivity index (χ3v) is 3.59. The lowest BCUT2D eigenvalue weighted by Crippen LogP contribution is -2.46. The molecule has 2 amide bonds. The molecule has 0 radical (unpaired) electrons. The lowest BCUT2D eigenvalue weighted by molar-refractivity contribution is -0.151. The zero-order chi connectivity index (χ0) is 15.0. The summed E-state index contributed by atoms with van der Waals surface area (Å²) in [5.74, 6) is -0.250. The number of amides is 2. The Morgan fingerprint density at radius 3 is 2.55 bits per heavy atom. The van der Waals surface area contributed by atoms with E-state index in [9.17, 15) is 14.7 Å². The number of nitrogens with one attached hydrogen (secondary N) is 2. The van der Waals surface area contributed by atoms with Gasteiger partial charge in [0, 0.05) is 19.6 Å². The number of hydrogen-bond donors (Lipinski definition) is 4. The quantitative estimate of drug-likeness (QED) is 0.380. The third-order valence-electron chi connectivity index (χ3n) is 3.59. The van der Waals surface area contributed by atoms with E-state index in [4.69, 9.17) is 10.5 Å². The van der Waals surface area contributed by atoms with Gasteiger partial charge in [-0.25, -0.2) is 4.79 Å². The van der Waals surface area contributed by atoms with Crippen LogP contribution in [0.4, 0.5) is 4.79 Å². The van der Waals surface area contributed by atoms with Gasteiger partial charge < -0.3 is 26.2 Å². The van der Waals surface area contributed by atoms with Crippen LogP contribution in [0.2, 0.25) is 0 Å². The fourth-order valence-corrected chi connectivity index (χ4v) is 2.42. The zero-order valence-corrected chi connectivity index (χ0v) is 12.0. The van der Waals surface area contributed by atoms with Crippen molar-refractivity contribution in [1.82, 2.24) is 10.6 Å². The first-order valence-electron chi connectivity index (χ1n) is 7.10. The summed E-state index contributed by atoms with van der Waals surface area (Å²) in [7, 11) is 0. The highest BCUT2D eigenvalue weighted by Crippen LogP contribution is 2.32. The second-order valence-electron chi connectivity index (χ2n) is 5.22. The molecule has 0 atom stereocenters. The van der Waals surface area contributed by atoms with E-state index in [1.807, 2.05) is 0 Å². The van der Waals surface area contributed by atoms with Gasteiger partial charge >= 0.3 is 12.0 Å². The highest BCUT2D eigenvalue weighted by atomic mass is 16.5. The van der Waals surface area contributed by atoms with Crippen molar-refractivity contribution in [2.45, 2.75) is 38.2 Å². The molecular formula is C13H25N3O4. The smallest absolute Gasteiger partial charge is 0.312 e. The minimum atomic E-state index is -0.782. The van der Waals surface area contributed by atoms with Crippen LogP contribution in [0, 0.1) is 5.92 Å². The lowest BCUT2D eigenvalue weighted by Gasteiger charge is -2.35. The molecule has 0 spiro atoms. The number of primary amides is 1. The summed E-state index contributed by atoms with van der Waals surface area (Å²) in [6.45, 7) is 3.61. The van der Waals surface area contributed by atoms with E-state index in [1.165, 1.54) is 0 Å². The van der Waals surface area contributed by atoms with Crippen molar-refractivity contribution in [2.24, 2.45) is 11.7 Å². The summed E-state index contributed by atoms with van der Waals surface area (Å²) in [5.41, 5.74) is 4.16. The monoisotopic (exact) mass is 287 g/mol. The summed E-state index contributed by atoms with van der Waals surface area (Å²) >= 11 is 0. The van der Waals surface area contributed by atoms with Gasteiger partial charge in [0.2, 0.25) is 0 Å². The topological polar surface area (TPSA) is 114 Å². The maximum Gasteiger partial charge on any atom is 0.312 e. The average molecular weight is 287 g/mol. The molecule has 1 fully saturated rings. The second kappa shape index (κ2) is 8.06. The van der Waals surface area contributed by atoms with E-state index in [-0.39, 0.29) is 11.9 Å². The Kier molecular flexibility index (Phi) is 6.74. The minimum Gasteiger partial charge on any atom is -0.466 e. The number of ether oxygens (including phenoxy) is 1. The maximum atomic E-state index is 11.6. The molecule has 0 aromatic carbocycles. The van der Waals surface area contributed by atoms with Crippen molar-refractivity contribution in [3.8, 4) is 0 Å². The summed E-state index contributed by atoms with van der Waals surface area (Å²) in [6, 6.07) is -0.555. The molecule has 0 saturated heterocycles. The molecule has 1 saturated carbocycles. The first-order chi connectivity index (χ1) is 9.47. The van der Waals surface area contributed by atoms with Gasteiger partial charge in [-0.05, 0) is 32.6 Å². The number of carbonyl (C=O) groups excluding carboxylic acids is 2. The molecule has 1 rings (SSSR count). The molecule has 1 aliphatic carbocycles. The van der Waals surface area contributed by atoms with E-state index < -0.39 is 11.6 Å². The van der Waals surface area contributed by atoms with Crippen LogP contribution < -0.4 is 16.4 Å². The summed E-state index contributed by atoms with van der Waals surface area (Å²) in [4.78, 5) is 22.1. The third kappa shape index (κ3) is 5.75. The first kappa shape index (κ1) is 16.7. The van der Waals surface area contributed by atoms with Gasteiger partial charge in [-0.15, -0.1) is 0 Å². The number of nitrogens with two attached hydrogens (primary N) is 1. The van der Waals surface area contributed by atoms with Gasteiger partial charge in [-0.2, -0.15) is 0 Å². The fraction of sp³-hybridized carbons (Fsp3) is 0.846. The number of rotatable bonds is 7. The van der Waals surface area contributed by atoms with Crippen LogP contribution in [0.15, 0.2) is 0 Å². The summed E-state index contributed by atoms with van der Waals surface area (Å²) < 4.78 is 5.00. The Hall–Kier alpha value is -1.34. The molecule has 0 unspecified atom stereocenters. The van der Waals surface area contributed by atoms with Gasteiger partial charge in [0.05, 0.1) is 18.1 Å². The Labute approximate surface area is 119 Å². The molecule has 1 aliphatic rings. The van der Waals surface area contributed by atoms with Crippen LogP contribution in [-0.2, 0) is 9.53 Å². The largest absolute Gasteiger partial charge is 0.466 e. The molecule has 0 aliphatic heterocycles. The van der Waals surface area contributed by atoms with Crippen LogP contribution in [0.1, 0.15) is 32.6 Å². The molecular weight excluding hydrogens is 262 g/mol. The molecule has 0 aromatic heterocycles. The van der Waals surface area contributed by atoms with Crippen molar-refractivity contribution in [1.29, 1.82) is 0 Å². The van der Waals surface area contributed by atoms with E-state index >= 15 is 0 Å². The standard InChI is InChI=1S/C13H25N3O4/c1-2-20-11(17)10-3-5-13(19,6-4-10)9-15-7-8-16-12(14)18/h10,15,19H,2-9H2,1H3,(H3,14,16,18). The van der Waals surface area contributed by atoms with Crippen LogP contribution in [-0.4, -0.2) is 48.9 Å². The maximum absolute atomic E-state index is 11.6. The molecule has 0 bridgehead atoms. The molecule has 0 aromatic rings. The number of hydrogen-bond acceptors (Lipinski definition) is 5. The fourth-order valence-electron chi connectivity index (χ4n) is 2.42. The number of urea groups is 1. The van der Waals surface area contributed by atoms with Crippen molar-refractivity contribution >= 4 is 12.0 Å². The molecule has 7 heteroatoms. The van der Waals surface area contributed by atoms with E-state index in [0.29, 0.717) is 51.9 Å². The first-order valence-corrected chi connectivity index (χ1v) is 7.10. The van der Waals surface area contributed by atoms with Crippen LogP contribution in [0.3, 0.4) is 0 Å². The Morgan fingerprint density at radius 2 is 2.00 bits per heavy atom. The minimum absolute atomic E-state index is 0.0910. The van der Waals surface area contributed by atoms with Crippen molar-refractivity contribution in [3.63, 3.8) is 0 Å². The van der Waals surface area contributed by atoms with Crippen LogP contribution in [0.25, 0.3) is 0 Å². The van der Waals surface area contributed by atoms with Gasteiger partial charge in [-0.1, -0.05) is 0 Å². The van der Waals surface area contributed by atoms with Gasteiger partial charge in [-0.3, -0.25) is 4.79 Å². The van der Waals surface area contributed by atoms with Crippen LogP contribution in [0.5, 0.6) is 0 Å². The van der Waals surface area contributed by atoms with Gasteiger partial charge in [0.15, 0.2) is 0 Å². The predicted octanol–water partition coefficient (Wildman–Crippen LogP) is -0.271. The molecule has 116 valence electrons. The SMILES string of the molecule is CCOC(=O)C1CCC(O)(CNCCNC(N)=O)CC1. The van der Waals surface area contributed by atoms with Crippen molar-refractivity contribution in [2.75, 3.05) is 26.2 Å². The summed E-state index contributed by atoms with van der Waals surface area (Å²) in [6.07, 6.45) is 2.45. The molecule has 0 heterocycles. The summed E-state index contributed by atoms with van der Waals surface area (Å²) in [5, 5.41) is 15.9. The van der Waals surface area contributed by atoms with E-state index in [1.54, 1.807) is 6.92 Å². The normalized spacial score (nSPS) is 26.0. The number of esters is 1. The number of aliphatic hydroxyl groups is 1. The molecule has 5 N–H and O–H groups in total. The van der Waals surface area contributed by atoms with Gasteiger partial charge in [0.25, 0.3) is 0 Å². The van der Waals surface area contributed by atoms with Crippen molar-refractivity contribution in [3.05, 3.63) is 0 Å². The van der Waals surface area contributed by atoms with Crippen LogP contribution >= 0.6 is 0 Å². The zero-order valence-electron chi connectivity index (χ0n) is 12.0. The molecule has 20 heavy (non-hydrogen) atoms. The van der Waals surface area contributed by atoms with Crippen molar-refractivity contribution < 1.29 is 19.4 Å². The number of carbonyl (C=O) groups is 2. The lowest BCUT2D eigenvalue weighted by atomic mass is 9.79. The van der Waals surface area contributed by atoms with E-state index in [0.717, 1.165) is 0 Å². The Morgan fingerprint density at radius 1 is 1.35 bits per heavy atom. The average Bonchev–Trinajstić information content (AvgIpc) is 2.39. The van der Waals surface area contributed by atoms with E-state index in [2.05, 4.69) is 10.6 Å². The second-order valence-corrected chi connectivity index (χ2v) is 5.22. The molecule has 7 nitrogen and oxygen atoms in total.